The normalized spacial score (nSPS) is 22.0. The summed E-state index contributed by atoms with van der Waals surface area (Å²) >= 11 is 0. The van der Waals surface area contributed by atoms with Gasteiger partial charge in [0.05, 0.1) is 57.0 Å². The smallest absolute Gasteiger partial charge is 0.307 e. The summed E-state index contributed by atoms with van der Waals surface area (Å²) in [6, 6.07) is 25.2. The van der Waals surface area contributed by atoms with Crippen molar-refractivity contribution in [2.24, 2.45) is 35.5 Å². The number of hydrogen-bond acceptors (Lipinski definition) is 3. The molecule has 10 nitrogen and oxygen atoms in total. The molecule has 0 aliphatic carbocycles. The summed E-state index contributed by atoms with van der Waals surface area (Å²) in [4.78, 5) is 38.2. The Morgan fingerprint density at radius 3 is 1.06 bits per heavy atom. The zero-order valence-corrected chi connectivity index (χ0v) is 30.3. The maximum absolute atomic E-state index is 12.3. The molecule has 3 aliphatic heterocycles. The maximum atomic E-state index is 12.3. The lowest BCUT2D eigenvalue weighted by atomic mass is 9.85. The molecule has 3 aromatic rings. The van der Waals surface area contributed by atoms with Crippen LogP contribution in [-0.4, -0.2) is 72.5 Å². The van der Waals surface area contributed by atoms with E-state index in [1.54, 1.807) is 0 Å². The molecule has 0 aromatic heterocycles. The number of aliphatic carboxylic acids is 3. The van der Waals surface area contributed by atoms with Gasteiger partial charge in [-0.3, -0.25) is 14.4 Å². The molecule has 0 saturated carbocycles. The average molecular weight is 715 g/mol. The van der Waals surface area contributed by atoms with E-state index in [1.165, 1.54) is 4.90 Å². The molecule has 6 atom stereocenters. The second-order valence-electron chi connectivity index (χ2n) is 15.8. The molecule has 3 aliphatic rings. The molecule has 3 aromatic carbocycles. The van der Waals surface area contributed by atoms with Crippen LogP contribution in [0.5, 0.6) is 0 Å². The van der Waals surface area contributed by atoms with Gasteiger partial charge in [-0.15, -0.1) is 0 Å². The molecule has 52 heavy (non-hydrogen) atoms. The third kappa shape index (κ3) is 10.3. The number of carboxylic acids is 3. The minimum atomic E-state index is -0.717. The van der Waals surface area contributed by atoms with Crippen LogP contribution in [0.1, 0.15) is 52.6 Å². The van der Waals surface area contributed by atoms with E-state index in [9.17, 15) is 29.7 Å². The van der Waals surface area contributed by atoms with Crippen LogP contribution in [0, 0.1) is 35.5 Å². The van der Waals surface area contributed by atoms with Gasteiger partial charge in [0.25, 0.3) is 0 Å². The van der Waals surface area contributed by atoms with Gasteiger partial charge in [0.1, 0.15) is 19.6 Å². The van der Waals surface area contributed by atoms with Crippen LogP contribution in [0.2, 0.25) is 0 Å². The second kappa shape index (κ2) is 18.1. The fourth-order valence-corrected chi connectivity index (χ4v) is 9.22. The number of hydrogen-bond donors (Lipinski definition) is 7. The van der Waals surface area contributed by atoms with Crippen LogP contribution in [0.15, 0.2) is 72.8 Å². The predicted octanol–water partition coefficient (Wildman–Crippen LogP) is -0.0483. The molecule has 0 bridgehead atoms. The van der Waals surface area contributed by atoms with E-state index in [0.717, 1.165) is 112 Å². The molecular formula is C42H58N4O6+4. The number of nitrogens with one attached hydrogen (secondary N) is 1. The van der Waals surface area contributed by atoms with Crippen LogP contribution in [0.3, 0.4) is 0 Å². The Bertz CT molecular complexity index is 1470. The predicted molar refractivity (Wildman–Crippen MR) is 195 cm³/mol. The van der Waals surface area contributed by atoms with E-state index < -0.39 is 35.7 Å². The maximum Gasteiger partial charge on any atom is 0.307 e. The van der Waals surface area contributed by atoms with Crippen molar-refractivity contribution in [3.8, 4) is 0 Å². The molecule has 3 fully saturated rings. The molecule has 0 radical (unpaired) electrons. The summed E-state index contributed by atoms with van der Waals surface area (Å²) in [5.41, 5.74) is 6.59. The SMILES string of the molecule is O=C(O)[C@@H](Cc1cccc(C[NH+](Cc2cccc(C[C@H](C(=O)O)[C@H]3CC[NH2+]C3)c2)Cc2cccc(C[C@H](C(=O)O)[C@H]3CC[NH2+]C3)c2)c1)[C@H]1CC[NH2+]C1. The van der Waals surface area contributed by atoms with E-state index in [2.05, 4.69) is 52.3 Å². The van der Waals surface area contributed by atoms with E-state index in [4.69, 9.17) is 0 Å². The van der Waals surface area contributed by atoms with Crippen LogP contribution in [-0.2, 0) is 53.3 Å². The molecule has 6 rings (SSSR count). The minimum absolute atomic E-state index is 0.183. The first-order chi connectivity index (χ1) is 25.2. The van der Waals surface area contributed by atoms with Crippen molar-refractivity contribution in [1.29, 1.82) is 0 Å². The Kier molecular flexibility index (Phi) is 13.1. The minimum Gasteiger partial charge on any atom is -0.481 e. The zero-order chi connectivity index (χ0) is 36.5. The van der Waals surface area contributed by atoms with Crippen LogP contribution >= 0.6 is 0 Å². The second-order valence-corrected chi connectivity index (χ2v) is 15.8. The van der Waals surface area contributed by atoms with Crippen molar-refractivity contribution >= 4 is 17.9 Å². The fourth-order valence-electron chi connectivity index (χ4n) is 9.22. The van der Waals surface area contributed by atoms with Gasteiger partial charge in [0.15, 0.2) is 0 Å². The Hall–Kier alpha value is -4.09. The summed E-state index contributed by atoms with van der Waals surface area (Å²) in [7, 11) is 0. The Balaban J connectivity index is 1.22. The largest absolute Gasteiger partial charge is 0.481 e. The van der Waals surface area contributed by atoms with Gasteiger partial charge in [0.2, 0.25) is 0 Å². The number of quaternary nitrogens is 4. The molecular weight excluding hydrogens is 656 g/mol. The molecule has 3 heterocycles. The van der Waals surface area contributed by atoms with Crippen LogP contribution in [0.4, 0.5) is 0 Å². The first kappa shape index (κ1) is 37.7. The lowest BCUT2D eigenvalue weighted by Gasteiger charge is -2.22. The van der Waals surface area contributed by atoms with Crippen molar-refractivity contribution in [1.82, 2.24) is 0 Å². The van der Waals surface area contributed by atoms with Gasteiger partial charge in [-0.05, 0) is 36.0 Å². The number of rotatable bonds is 18. The van der Waals surface area contributed by atoms with Crippen molar-refractivity contribution < 1.29 is 50.6 Å². The summed E-state index contributed by atoms with van der Waals surface area (Å²) in [6.07, 6.45) is 4.37. The highest BCUT2D eigenvalue weighted by Gasteiger charge is 2.35. The Morgan fingerprint density at radius 2 is 0.808 bits per heavy atom. The van der Waals surface area contributed by atoms with Gasteiger partial charge in [-0.1, -0.05) is 72.8 Å². The highest BCUT2D eigenvalue weighted by atomic mass is 16.4. The number of carbonyl (C=O) groups is 3. The third-order valence-corrected chi connectivity index (χ3v) is 12.0. The average Bonchev–Trinajstić information content (AvgIpc) is 3.94. The Morgan fingerprint density at radius 1 is 0.519 bits per heavy atom. The molecule has 10 N–H and O–H groups in total. The summed E-state index contributed by atoms with van der Waals surface area (Å²) in [5, 5.41) is 36.9. The van der Waals surface area contributed by atoms with Crippen molar-refractivity contribution in [2.75, 3.05) is 39.3 Å². The Labute approximate surface area is 307 Å². The molecule has 3 saturated heterocycles. The van der Waals surface area contributed by atoms with E-state index in [0.29, 0.717) is 19.3 Å². The monoisotopic (exact) mass is 714 g/mol. The highest BCUT2D eigenvalue weighted by molar-refractivity contribution is 5.72. The van der Waals surface area contributed by atoms with Gasteiger partial charge < -0.3 is 36.2 Å². The molecule has 0 spiro atoms. The molecule has 278 valence electrons. The fraction of sp³-hybridized carbons (Fsp3) is 0.500. The van der Waals surface area contributed by atoms with Gasteiger partial charge >= 0.3 is 17.9 Å². The van der Waals surface area contributed by atoms with Crippen molar-refractivity contribution in [3.05, 3.63) is 106 Å². The molecule has 0 unspecified atom stereocenters. The summed E-state index contributed by atoms with van der Waals surface area (Å²) in [6.45, 7) is 7.74. The van der Waals surface area contributed by atoms with E-state index >= 15 is 0 Å². The lowest BCUT2D eigenvalue weighted by molar-refractivity contribution is -0.941. The van der Waals surface area contributed by atoms with Gasteiger partial charge in [-0.25, -0.2) is 0 Å². The standard InChI is InChI=1S/C42H54N4O6/c47-40(48)37(34-10-13-43-22-34)19-28-4-1-7-31(16-28)25-46(26-32-8-2-5-29(17-32)20-38(41(49)50)35-11-14-44-23-35)27-33-9-3-6-30(18-33)21-39(42(51)52)36-12-15-45-24-36/h1-9,16-18,34-39,43-45H,10-15,19-27H2,(H,47,48)(H,49,50)(H,51,52)/p+4/t34-,35-,36-,37-,38-,39-/m0/s1. The first-order valence-corrected chi connectivity index (χ1v) is 19.4. The summed E-state index contributed by atoms with van der Waals surface area (Å²) in [5.74, 6) is -2.78. The lowest BCUT2D eigenvalue weighted by Crippen LogP contribution is -3.08. The van der Waals surface area contributed by atoms with Gasteiger partial charge in [0, 0.05) is 53.7 Å². The topological polar surface area (TPSA) is 166 Å². The number of benzene rings is 3. The van der Waals surface area contributed by atoms with E-state index in [1.807, 2.05) is 36.4 Å². The molecule has 0 amide bonds. The highest BCUT2D eigenvalue weighted by Crippen LogP contribution is 2.25. The van der Waals surface area contributed by atoms with E-state index in [-0.39, 0.29) is 17.8 Å². The first-order valence-electron chi connectivity index (χ1n) is 19.4. The van der Waals surface area contributed by atoms with Crippen molar-refractivity contribution in [2.45, 2.75) is 58.2 Å². The molecule has 10 heteroatoms. The number of nitrogens with two attached hydrogens (primary N) is 3. The summed E-state index contributed by atoms with van der Waals surface area (Å²) < 4.78 is 0. The van der Waals surface area contributed by atoms with Gasteiger partial charge in [-0.2, -0.15) is 0 Å². The van der Waals surface area contributed by atoms with Crippen molar-refractivity contribution in [3.63, 3.8) is 0 Å². The van der Waals surface area contributed by atoms with Crippen LogP contribution in [0.25, 0.3) is 0 Å². The zero-order valence-electron chi connectivity index (χ0n) is 30.3. The quantitative estimate of drug-likeness (QED) is 0.0977. The number of carboxylic acid groups (broad SMARTS) is 3. The van der Waals surface area contributed by atoms with Crippen LogP contribution < -0.4 is 20.9 Å². The third-order valence-electron chi connectivity index (χ3n) is 12.0.